The molecule has 138 valence electrons. The quantitative estimate of drug-likeness (QED) is 0.585. The molecular weight excluding hydrogens is 395 g/mol. The van der Waals surface area contributed by atoms with Gasteiger partial charge in [-0.2, -0.15) is 0 Å². The van der Waals surface area contributed by atoms with Gasteiger partial charge in [0.25, 0.3) is 11.8 Å². The lowest BCUT2D eigenvalue weighted by molar-refractivity contribution is -0.139. The Morgan fingerprint density at radius 3 is 2.15 bits per heavy atom. The third kappa shape index (κ3) is 3.57. The van der Waals surface area contributed by atoms with E-state index in [1.807, 2.05) is 10.6 Å². The molecule has 1 heterocycles. The monoisotopic (exact) mass is 406 g/mol. The Bertz CT molecular complexity index is 929. The SMILES string of the molecule is O=C1NC(=O)C(NC(=O)Nc2ccc(Cl)cc2Cl)(c2ccccc2)C(=O)N1. The second-order valence-corrected chi connectivity index (χ2v) is 6.40. The van der Waals surface area contributed by atoms with Crippen molar-refractivity contribution in [1.82, 2.24) is 16.0 Å². The molecule has 1 saturated heterocycles. The number of imide groups is 2. The first-order chi connectivity index (χ1) is 12.8. The maximum Gasteiger partial charge on any atom is 0.328 e. The van der Waals surface area contributed by atoms with Gasteiger partial charge in [0, 0.05) is 5.02 Å². The fourth-order valence-corrected chi connectivity index (χ4v) is 3.03. The molecule has 2 aromatic rings. The molecule has 0 saturated carbocycles. The van der Waals surface area contributed by atoms with Crippen molar-refractivity contribution < 1.29 is 19.2 Å². The van der Waals surface area contributed by atoms with Gasteiger partial charge in [-0.3, -0.25) is 20.2 Å². The van der Waals surface area contributed by atoms with Crippen molar-refractivity contribution in [3.63, 3.8) is 0 Å². The normalized spacial score (nSPS) is 15.6. The maximum absolute atomic E-state index is 12.6. The molecule has 0 bridgehead atoms. The molecule has 2 aromatic carbocycles. The number of rotatable bonds is 3. The van der Waals surface area contributed by atoms with Crippen LogP contribution in [0.2, 0.25) is 10.0 Å². The second kappa shape index (κ2) is 7.26. The van der Waals surface area contributed by atoms with E-state index in [1.165, 1.54) is 30.3 Å². The number of urea groups is 2. The van der Waals surface area contributed by atoms with Gasteiger partial charge >= 0.3 is 12.1 Å². The lowest BCUT2D eigenvalue weighted by Gasteiger charge is -2.34. The van der Waals surface area contributed by atoms with Gasteiger partial charge in [-0.15, -0.1) is 0 Å². The van der Waals surface area contributed by atoms with Crippen molar-refractivity contribution in [3.8, 4) is 0 Å². The molecule has 1 aliphatic rings. The maximum atomic E-state index is 12.6. The number of hydrogen-bond donors (Lipinski definition) is 4. The van der Waals surface area contributed by atoms with Gasteiger partial charge in [-0.05, 0) is 23.8 Å². The second-order valence-electron chi connectivity index (χ2n) is 5.56. The highest BCUT2D eigenvalue weighted by Gasteiger charge is 2.53. The van der Waals surface area contributed by atoms with Crippen LogP contribution in [-0.4, -0.2) is 23.9 Å². The molecule has 1 fully saturated rings. The largest absolute Gasteiger partial charge is 0.328 e. The Labute approximate surface area is 163 Å². The van der Waals surface area contributed by atoms with E-state index in [9.17, 15) is 19.2 Å². The van der Waals surface area contributed by atoms with Crippen molar-refractivity contribution in [3.05, 3.63) is 64.1 Å². The van der Waals surface area contributed by atoms with Gasteiger partial charge in [0.05, 0.1) is 10.7 Å². The van der Waals surface area contributed by atoms with Crippen LogP contribution in [0, 0.1) is 0 Å². The summed E-state index contributed by atoms with van der Waals surface area (Å²) < 4.78 is 0. The number of carbonyl (C=O) groups excluding carboxylic acids is 4. The summed E-state index contributed by atoms with van der Waals surface area (Å²) in [4.78, 5) is 49.1. The number of amides is 6. The summed E-state index contributed by atoms with van der Waals surface area (Å²) in [7, 11) is 0. The van der Waals surface area contributed by atoms with E-state index in [1.54, 1.807) is 18.2 Å². The van der Waals surface area contributed by atoms with Crippen LogP contribution in [0.4, 0.5) is 15.3 Å². The fraction of sp³-hybridized carbons (Fsp3) is 0.0588. The van der Waals surface area contributed by atoms with E-state index in [4.69, 9.17) is 23.2 Å². The lowest BCUT2D eigenvalue weighted by Crippen LogP contribution is -2.71. The van der Waals surface area contributed by atoms with Crippen molar-refractivity contribution in [2.75, 3.05) is 5.32 Å². The summed E-state index contributed by atoms with van der Waals surface area (Å²) in [6.45, 7) is 0. The Hall–Kier alpha value is -3.10. The summed E-state index contributed by atoms with van der Waals surface area (Å²) in [5.41, 5.74) is -1.75. The highest BCUT2D eigenvalue weighted by atomic mass is 35.5. The van der Waals surface area contributed by atoms with Gasteiger partial charge in [0.1, 0.15) is 0 Å². The number of halogens is 2. The predicted octanol–water partition coefficient (Wildman–Crippen LogP) is 2.38. The number of carbonyl (C=O) groups is 4. The van der Waals surface area contributed by atoms with Crippen molar-refractivity contribution in [2.24, 2.45) is 0 Å². The van der Waals surface area contributed by atoms with Crippen LogP contribution in [0.25, 0.3) is 0 Å². The molecule has 8 nitrogen and oxygen atoms in total. The molecule has 4 N–H and O–H groups in total. The summed E-state index contributed by atoms with van der Waals surface area (Å²) in [6, 6.07) is 10.3. The smallest absolute Gasteiger partial charge is 0.312 e. The molecule has 1 aliphatic heterocycles. The van der Waals surface area contributed by atoms with Crippen molar-refractivity contribution in [1.29, 1.82) is 0 Å². The molecule has 6 amide bonds. The Balaban J connectivity index is 1.95. The van der Waals surface area contributed by atoms with E-state index >= 15 is 0 Å². The molecular formula is C17H12Cl2N4O4. The number of barbiturate groups is 1. The average Bonchev–Trinajstić information content (AvgIpc) is 2.61. The van der Waals surface area contributed by atoms with Gasteiger partial charge < -0.3 is 10.6 Å². The van der Waals surface area contributed by atoms with Crippen LogP contribution in [0.1, 0.15) is 5.56 Å². The Morgan fingerprint density at radius 2 is 1.56 bits per heavy atom. The molecule has 10 heteroatoms. The molecule has 0 radical (unpaired) electrons. The molecule has 0 aromatic heterocycles. The van der Waals surface area contributed by atoms with Crippen LogP contribution in [0.3, 0.4) is 0 Å². The minimum atomic E-state index is -2.14. The highest BCUT2D eigenvalue weighted by Crippen LogP contribution is 2.27. The van der Waals surface area contributed by atoms with Crippen LogP contribution in [-0.2, 0) is 15.1 Å². The van der Waals surface area contributed by atoms with Gasteiger partial charge in [0.15, 0.2) is 0 Å². The minimum absolute atomic E-state index is 0.166. The van der Waals surface area contributed by atoms with Crippen molar-refractivity contribution >= 4 is 52.8 Å². The summed E-state index contributed by atoms with van der Waals surface area (Å²) in [5.74, 6) is -1.97. The van der Waals surface area contributed by atoms with E-state index in [-0.39, 0.29) is 16.3 Å². The standard InChI is InChI=1S/C17H12Cl2N4O4/c18-10-6-7-12(11(19)8-10)20-16(27)23-17(9-4-2-1-3-5-9)13(24)21-15(26)22-14(17)25/h1-8H,(H2,20,23,27)(H2,21,22,24,25,26). The summed E-state index contributed by atoms with van der Waals surface area (Å²) >= 11 is 11.8. The summed E-state index contributed by atoms with van der Waals surface area (Å²) in [6.07, 6.45) is 0. The zero-order valence-corrected chi connectivity index (χ0v) is 15.0. The van der Waals surface area contributed by atoms with E-state index < -0.39 is 29.4 Å². The van der Waals surface area contributed by atoms with Gasteiger partial charge in [-0.1, -0.05) is 53.5 Å². The fourth-order valence-electron chi connectivity index (χ4n) is 2.58. The Kier molecular flexibility index (Phi) is 5.02. The van der Waals surface area contributed by atoms with Crippen LogP contribution in [0.15, 0.2) is 48.5 Å². The van der Waals surface area contributed by atoms with Crippen LogP contribution < -0.4 is 21.3 Å². The third-order valence-corrected chi connectivity index (χ3v) is 4.37. The molecule has 27 heavy (non-hydrogen) atoms. The van der Waals surface area contributed by atoms with E-state index in [2.05, 4.69) is 10.6 Å². The first kappa shape index (κ1) is 18.7. The highest BCUT2D eigenvalue weighted by molar-refractivity contribution is 6.36. The number of benzene rings is 2. The van der Waals surface area contributed by atoms with Gasteiger partial charge in [0.2, 0.25) is 5.54 Å². The number of hydrogen-bond acceptors (Lipinski definition) is 4. The van der Waals surface area contributed by atoms with E-state index in [0.29, 0.717) is 5.02 Å². The van der Waals surface area contributed by atoms with Crippen LogP contribution in [0.5, 0.6) is 0 Å². The van der Waals surface area contributed by atoms with Crippen molar-refractivity contribution in [2.45, 2.75) is 5.54 Å². The van der Waals surface area contributed by atoms with Gasteiger partial charge in [-0.25, -0.2) is 9.59 Å². The Morgan fingerprint density at radius 1 is 0.926 bits per heavy atom. The first-order valence-corrected chi connectivity index (χ1v) is 8.35. The average molecular weight is 407 g/mol. The lowest BCUT2D eigenvalue weighted by atomic mass is 9.86. The number of anilines is 1. The number of nitrogens with one attached hydrogen (secondary N) is 4. The summed E-state index contributed by atoms with van der Waals surface area (Å²) in [5, 5.41) is 9.31. The zero-order chi connectivity index (χ0) is 19.6. The first-order valence-electron chi connectivity index (χ1n) is 7.59. The topological polar surface area (TPSA) is 116 Å². The van der Waals surface area contributed by atoms with E-state index in [0.717, 1.165) is 0 Å². The third-order valence-electron chi connectivity index (χ3n) is 3.82. The molecule has 0 spiro atoms. The molecule has 3 rings (SSSR count). The zero-order valence-electron chi connectivity index (χ0n) is 13.5. The molecule has 0 atom stereocenters. The predicted molar refractivity (Wildman–Crippen MR) is 98.4 cm³/mol. The molecule has 0 aliphatic carbocycles. The minimum Gasteiger partial charge on any atom is -0.312 e. The molecule has 0 unspecified atom stereocenters. The van der Waals surface area contributed by atoms with Crippen LogP contribution >= 0.6 is 23.2 Å².